The molecule has 11 heavy (non-hydrogen) atoms. The van der Waals surface area contributed by atoms with Gasteiger partial charge in [-0.2, -0.15) is 0 Å². The molecule has 0 radical (unpaired) electrons. The molecule has 0 aliphatic heterocycles. The van der Waals surface area contributed by atoms with Crippen LogP contribution >= 0.6 is 0 Å². The fraction of sp³-hybridized carbons (Fsp3) is 0.250. The zero-order chi connectivity index (χ0) is 8.10. The average Bonchev–Trinajstić information content (AvgIpc) is 2.07. The fourth-order valence-electron chi connectivity index (χ4n) is 0.830. The quantitative estimate of drug-likeness (QED) is 0.650. The van der Waals surface area contributed by atoms with Crippen molar-refractivity contribution in [3.63, 3.8) is 0 Å². The summed E-state index contributed by atoms with van der Waals surface area (Å²) in [6.45, 7) is 1.91. The lowest BCUT2D eigenvalue weighted by Gasteiger charge is -2.08. The molecule has 0 bridgehead atoms. The molecule has 3 nitrogen and oxygen atoms in total. The topological polar surface area (TPSA) is 42.0 Å². The van der Waals surface area contributed by atoms with E-state index >= 15 is 0 Å². The summed E-state index contributed by atoms with van der Waals surface area (Å²) in [5.74, 6) is 0. The van der Waals surface area contributed by atoms with Gasteiger partial charge in [0.2, 0.25) is 6.41 Å². The van der Waals surface area contributed by atoms with Crippen molar-refractivity contribution in [1.29, 1.82) is 0 Å². The molecule has 1 aromatic rings. The van der Waals surface area contributed by atoms with Gasteiger partial charge in [0.05, 0.1) is 6.04 Å². The molecule has 0 saturated heterocycles. The van der Waals surface area contributed by atoms with Crippen molar-refractivity contribution >= 4 is 6.41 Å². The van der Waals surface area contributed by atoms with E-state index in [0.717, 1.165) is 5.56 Å². The van der Waals surface area contributed by atoms with Gasteiger partial charge >= 0.3 is 0 Å². The minimum atomic E-state index is 0.0428. The predicted octanol–water partition coefficient (Wildman–Crippen LogP) is 0.889. The Morgan fingerprint density at radius 1 is 1.73 bits per heavy atom. The summed E-state index contributed by atoms with van der Waals surface area (Å²) < 4.78 is 0. The van der Waals surface area contributed by atoms with Crippen molar-refractivity contribution in [2.24, 2.45) is 0 Å². The average molecular weight is 150 g/mol. The fourth-order valence-corrected chi connectivity index (χ4v) is 0.830. The molecule has 0 spiro atoms. The van der Waals surface area contributed by atoms with E-state index in [0.29, 0.717) is 6.41 Å². The first-order valence-electron chi connectivity index (χ1n) is 3.44. The summed E-state index contributed by atoms with van der Waals surface area (Å²) in [4.78, 5) is 14.0. The molecule has 1 aromatic heterocycles. The molecule has 1 rings (SSSR count). The summed E-state index contributed by atoms with van der Waals surface area (Å²) in [7, 11) is 0. The molecule has 3 heteroatoms. The van der Waals surface area contributed by atoms with Crippen molar-refractivity contribution in [3.8, 4) is 0 Å². The van der Waals surface area contributed by atoms with Crippen LogP contribution < -0.4 is 5.32 Å². The number of amides is 1. The summed E-state index contributed by atoms with van der Waals surface area (Å²) in [5, 5.41) is 2.64. The summed E-state index contributed by atoms with van der Waals surface area (Å²) in [6, 6.07) is 3.81. The van der Waals surface area contributed by atoms with Crippen LogP contribution in [0.4, 0.5) is 0 Å². The van der Waals surface area contributed by atoms with Crippen LogP contribution in [0.3, 0.4) is 0 Å². The Morgan fingerprint density at radius 2 is 2.55 bits per heavy atom. The number of carbonyl (C=O) groups excluding carboxylic acids is 1. The van der Waals surface area contributed by atoms with Crippen LogP contribution in [0, 0.1) is 0 Å². The van der Waals surface area contributed by atoms with E-state index in [2.05, 4.69) is 10.3 Å². The minimum Gasteiger partial charge on any atom is -0.352 e. The Hall–Kier alpha value is -1.38. The van der Waals surface area contributed by atoms with Crippen LogP contribution in [0.2, 0.25) is 0 Å². The van der Waals surface area contributed by atoms with Crippen LogP contribution in [0.25, 0.3) is 0 Å². The lowest BCUT2D eigenvalue weighted by atomic mass is 10.1. The SMILES string of the molecule is CC(NC=O)c1cccnc1. The number of rotatable bonds is 3. The van der Waals surface area contributed by atoms with Gasteiger partial charge in [0, 0.05) is 12.4 Å². The minimum absolute atomic E-state index is 0.0428. The number of nitrogens with one attached hydrogen (secondary N) is 1. The summed E-state index contributed by atoms with van der Waals surface area (Å²) >= 11 is 0. The number of pyridine rings is 1. The molecular weight excluding hydrogens is 140 g/mol. The third kappa shape index (κ3) is 2.04. The smallest absolute Gasteiger partial charge is 0.207 e. The zero-order valence-electron chi connectivity index (χ0n) is 6.32. The van der Waals surface area contributed by atoms with Crippen molar-refractivity contribution < 1.29 is 4.79 Å². The maximum atomic E-state index is 10.1. The molecule has 0 saturated carbocycles. The van der Waals surface area contributed by atoms with Gasteiger partial charge in [0.1, 0.15) is 0 Å². The largest absolute Gasteiger partial charge is 0.352 e. The molecule has 1 amide bonds. The van der Waals surface area contributed by atoms with E-state index < -0.39 is 0 Å². The Labute approximate surface area is 65.5 Å². The molecule has 58 valence electrons. The second kappa shape index (κ2) is 3.71. The van der Waals surface area contributed by atoms with Gasteiger partial charge in [0.25, 0.3) is 0 Å². The van der Waals surface area contributed by atoms with Gasteiger partial charge in [-0.3, -0.25) is 9.78 Å². The van der Waals surface area contributed by atoms with Crippen molar-refractivity contribution in [1.82, 2.24) is 10.3 Å². The molecular formula is C8H10N2O. The molecule has 0 aliphatic carbocycles. The van der Waals surface area contributed by atoms with Crippen LogP contribution in [0.1, 0.15) is 18.5 Å². The number of hydrogen-bond acceptors (Lipinski definition) is 2. The predicted molar refractivity (Wildman–Crippen MR) is 41.9 cm³/mol. The third-order valence-corrected chi connectivity index (χ3v) is 1.50. The maximum Gasteiger partial charge on any atom is 0.207 e. The van der Waals surface area contributed by atoms with E-state index in [4.69, 9.17) is 0 Å². The van der Waals surface area contributed by atoms with Gasteiger partial charge in [-0.05, 0) is 18.6 Å². The van der Waals surface area contributed by atoms with Crippen LogP contribution in [0.15, 0.2) is 24.5 Å². The number of nitrogens with zero attached hydrogens (tertiary/aromatic N) is 1. The second-order valence-electron chi connectivity index (χ2n) is 2.29. The number of hydrogen-bond donors (Lipinski definition) is 1. The standard InChI is InChI=1S/C8H10N2O/c1-7(10-6-11)8-3-2-4-9-5-8/h2-7H,1H3,(H,10,11). The van der Waals surface area contributed by atoms with E-state index in [1.54, 1.807) is 12.4 Å². The van der Waals surface area contributed by atoms with Crippen molar-refractivity contribution in [2.75, 3.05) is 0 Å². The molecule has 1 atom stereocenters. The third-order valence-electron chi connectivity index (χ3n) is 1.50. The highest BCUT2D eigenvalue weighted by Gasteiger charge is 2.00. The Morgan fingerprint density at radius 3 is 3.09 bits per heavy atom. The molecule has 0 aromatic carbocycles. The van der Waals surface area contributed by atoms with E-state index in [9.17, 15) is 4.79 Å². The van der Waals surface area contributed by atoms with Gasteiger partial charge in [-0.1, -0.05) is 6.07 Å². The van der Waals surface area contributed by atoms with Gasteiger partial charge < -0.3 is 5.32 Å². The van der Waals surface area contributed by atoms with E-state index in [-0.39, 0.29) is 6.04 Å². The first-order chi connectivity index (χ1) is 5.34. The lowest BCUT2D eigenvalue weighted by Crippen LogP contribution is -2.15. The Kier molecular flexibility index (Phi) is 2.60. The first-order valence-corrected chi connectivity index (χ1v) is 3.44. The second-order valence-corrected chi connectivity index (χ2v) is 2.29. The van der Waals surface area contributed by atoms with Crippen LogP contribution in [-0.4, -0.2) is 11.4 Å². The summed E-state index contributed by atoms with van der Waals surface area (Å²) in [6.07, 6.45) is 4.13. The normalized spacial score (nSPS) is 12.1. The van der Waals surface area contributed by atoms with Crippen LogP contribution in [0.5, 0.6) is 0 Å². The monoisotopic (exact) mass is 150 g/mol. The number of carbonyl (C=O) groups is 1. The molecule has 0 fully saturated rings. The number of aromatic nitrogens is 1. The van der Waals surface area contributed by atoms with E-state index in [1.165, 1.54) is 0 Å². The van der Waals surface area contributed by atoms with Gasteiger partial charge in [-0.25, -0.2) is 0 Å². The molecule has 1 heterocycles. The van der Waals surface area contributed by atoms with E-state index in [1.807, 2.05) is 19.1 Å². The molecule has 1 unspecified atom stereocenters. The molecule has 1 N–H and O–H groups in total. The highest BCUT2D eigenvalue weighted by molar-refractivity contribution is 5.47. The highest BCUT2D eigenvalue weighted by atomic mass is 16.1. The molecule has 0 aliphatic rings. The van der Waals surface area contributed by atoms with Crippen molar-refractivity contribution in [2.45, 2.75) is 13.0 Å². The van der Waals surface area contributed by atoms with Gasteiger partial charge in [0.15, 0.2) is 0 Å². The first kappa shape index (κ1) is 7.72. The Bertz CT molecular complexity index is 223. The van der Waals surface area contributed by atoms with Gasteiger partial charge in [-0.15, -0.1) is 0 Å². The lowest BCUT2D eigenvalue weighted by molar-refractivity contribution is -0.110. The highest BCUT2D eigenvalue weighted by Crippen LogP contribution is 2.07. The summed E-state index contributed by atoms with van der Waals surface area (Å²) in [5.41, 5.74) is 1.01. The Balaban J connectivity index is 2.68. The van der Waals surface area contributed by atoms with Crippen LogP contribution in [-0.2, 0) is 4.79 Å². The maximum absolute atomic E-state index is 10.1. The van der Waals surface area contributed by atoms with Crippen molar-refractivity contribution in [3.05, 3.63) is 30.1 Å². The zero-order valence-corrected chi connectivity index (χ0v) is 6.32.